The fourth-order valence-corrected chi connectivity index (χ4v) is 7.30. The summed E-state index contributed by atoms with van der Waals surface area (Å²) < 4.78 is 94.9. The summed E-state index contributed by atoms with van der Waals surface area (Å²) in [5.74, 6) is -0.833. The Labute approximate surface area is 231 Å². The van der Waals surface area contributed by atoms with Crippen molar-refractivity contribution >= 4 is 37.3 Å². The van der Waals surface area contributed by atoms with E-state index in [1.165, 1.54) is 58.9 Å². The fraction of sp³-hybridized carbons (Fsp3) is 0.296. The van der Waals surface area contributed by atoms with Crippen molar-refractivity contribution in [3.8, 4) is 0 Å². The number of anilines is 2. The van der Waals surface area contributed by atoms with Crippen molar-refractivity contribution in [3.05, 3.63) is 84.4 Å². The summed E-state index contributed by atoms with van der Waals surface area (Å²) in [6, 6.07) is 16.2. The average molecular weight is 596 g/mol. The summed E-state index contributed by atoms with van der Waals surface area (Å²) in [6.45, 7) is 0.0382. The smallest absolute Gasteiger partial charge is 0.325 e. The third-order valence-corrected chi connectivity index (χ3v) is 10.1. The highest BCUT2D eigenvalue weighted by atomic mass is 32.2. The van der Waals surface area contributed by atoms with Crippen LogP contribution >= 0.6 is 0 Å². The molecule has 40 heavy (non-hydrogen) atoms. The molecule has 13 heteroatoms. The Hall–Kier alpha value is -3.42. The molecular formula is C27H28F3N3O5S2. The summed E-state index contributed by atoms with van der Waals surface area (Å²) in [6.07, 6.45) is -1.23. The Kier molecular flexibility index (Phi) is 8.86. The van der Waals surface area contributed by atoms with Crippen molar-refractivity contribution in [3.63, 3.8) is 0 Å². The van der Waals surface area contributed by atoms with Crippen LogP contribution in [0.15, 0.2) is 88.7 Å². The quantitative estimate of drug-likeness (QED) is 0.390. The van der Waals surface area contributed by atoms with Gasteiger partial charge in [-0.15, -0.1) is 0 Å². The zero-order valence-electron chi connectivity index (χ0n) is 21.3. The Morgan fingerprint density at radius 2 is 1.43 bits per heavy atom. The van der Waals surface area contributed by atoms with Crippen LogP contribution in [0, 0.1) is 0 Å². The first kappa shape index (κ1) is 29.6. The van der Waals surface area contributed by atoms with Gasteiger partial charge in [0.1, 0.15) is 6.54 Å². The van der Waals surface area contributed by atoms with Crippen molar-refractivity contribution in [2.45, 2.75) is 41.7 Å². The summed E-state index contributed by atoms with van der Waals surface area (Å²) in [5, 5.41) is 2.50. The number of alkyl halides is 3. The maximum absolute atomic E-state index is 13.4. The molecule has 0 radical (unpaired) electrons. The number of halogens is 3. The third kappa shape index (κ3) is 6.83. The van der Waals surface area contributed by atoms with Gasteiger partial charge in [-0.2, -0.15) is 17.5 Å². The van der Waals surface area contributed by atoms with Gasteiger partial charge in [0.15, 0.2) is 0 Å². The number of amides is 1. The van der Waals surface area contributed by atoms with Gasteiger partial charge < -0.3 is 5.32 Å². The number of carbonyl (C=O) groups excluding carboxylic acids is 1. The largest absolute Gasteiger partial charge is 0.416 e. The lowest BCUT2D eigenvalue weighted by atomic mass is 10.2. The summed E-state index contributed by atoms with van der Waals surface area (Å²) in [5.41, 5.74) is -1.21. The Morgan fingerprint density at radius 1 is 0.800 bits per heavy atom. The van der Waals surface area contributed by atoms with Gasteiger partial charge in [-0.3, -0.25) is 9.10 Å². The molecule has 0 bridgehead atoms. The van der Waals surface area contributed by atoms with E-state index >= 15 is 0 Å². The molecule has 1 saturated heterocycles. The van der Waals surface area contributed by atoms with Crippen molar-refractivity contribution < 1.29 is 34.8 Å². The first-order valence-corrected chi connectivity index (χ1v) is 15.4. The van der Waals surface area contributed by atoms with Gasteiger partial charge in [0.25, 0.3) is 10.0 Å². The number of nitrogens with zero attached hydrogens (tertiary/aromatic N) is 2. The molecule has 8 nitrogen and oxygen atoms in total. The minimum Gasteiger partial charge on any atom is -0.325 e. The second-order valence-electron chi connectivity index (χ2n) is 9.26. The molecule has 3 aromatic rings. The van der Waals surface area contributed by atoms with Gasteiger partial charge in [0.05, 0.1) is 21.0 Å². The molecule has 0 unspecified atom stereocenters. The van der Waals surface area contributed by atoms with Crippen LogP contribution < -0.4 is 9.62 Å². The van der Waals surface area contributed by atoms with Crippen LogP contribution in [0.25, 0.3) is 0 Å². The maximum Gasteiger partial charge on any atom is 0.416 e. The monoisotopic (exact) mass is 595 g/mol. The van der Waals surface area contributed by atoms with E-state index < -0.39 is 44.2 Å². The Balaban J connectivity index is 1.57. The van der Waals surface area contributed by atoms with Gasteiger partial charge >= 0.3 is 6.18 Å². The van der Waals surface area contributed by atoms with Gasteiger partial charge in [-0.25, -0.2) is 16.8 Å². The highest BCUT2D eigenvalue weighted by Crippen LogP contribution is 2.33. The first-order chi connectivity index (χ1) is 18.9. The lowest BCUT2D eigenvalue weighted by Gasteiger charge is -2.25. The molecule has 1 aliphatic rings. The predicted molar refractivity (Wildman–Crippen MR) is 145 cm³/mol. The maximum atomic E-state index is 13.4. The third-order valence-electron chi connectivity index (χ3n) is 6.42. The number of carbonyl (C=O) groups is 1. The van der Waals surface area contributed by atoms with Crippen LogP contribution in [0.4, 0.5) is 24.5 Å². The molecule has 3 aromatic carbocycles. The Bertz CT molecular complexity index is 1540. The second kappa shape index (κ2) is 12.0. The molecule has 1 fully saturated rings. The molecule has 0 aliphatic carbocycles. The highest BCUT2D eigenvalue weighted by Gasteiger charge is 2.33. The van der Waals surface area contributed by atoms with Crippen LogP contribution in [-0.4, -0.2) is 46.7 Å². The highest BCUT2D eigenvalue weighted by molar-refractivity contribution is 7.92. The van der Waals surface area contributed by atoms with Crippen molar-refractivity contribution in [1.82, 2.24) is 4.31 Å². The molecule has 1 amide bonds. The standard InChI is InChI=1S/C27H28F3N3O5S2/c28-27(29,30)21-9-8-10-23(19-21)33(40(37,38)24-11-4-3-5-12-24)20-26(34)31-22-13-15-25(16-14-22)39(35,36)32-17-6-1-2-7-18-32/h3-5,8-16,19H,1-2,6-7,17-18,20H2,(H,31,34). The molecule has 0 spiro atoms. The summed E-state index contributed by atoms with van der Waals surface area (Å²) in [4.78, 5) is 12.8. The van der Waals surface area contributed by atoms with E-state index in [-0.39, 0.29) is 21.2 Å². The van der Waals surface area contributed by atoms with Crippen LogP contribution in [0.3, 0.4) is 0 Å². The normalized spacial score (nSPS) is 15.3. The van der Waals surface area contributed by atoms with Crippen LogP contribution in [0.5, 0.6) is 0 Å². The zero-order chi connectivity index (χ0) is 29.0. The van der Waals surface area contributed by atoms with E-state index in [0.717, 1.165) is 37.8 Å². The van der Waals surface area contributed by atoms with E-state index in [9.17, 15) is 34.8 Å². The minimum atomic E-state index is -4.73. The van der Waals surface area contributed by atoms with Crippen LogP contribution in [-0.2, 0) is 31.0 Å². The minimum absolute atomic E-state index is 0.0599. The number of nitrogens with one attached hydrogen (secondary N) is 1. The number of hydrogen-bond donors (Lipinski definition) is 1. The molecular weight excluding hydrogens is 567 g/mol. The zero-order valence-corrected chi connectivity index (χ0v) is 23.0. The molecule has 1 N–H and O–H groups in total. The number of hydrogen-bond acceptors (Lipinski definition) is 5. The van der Waals surface area contributed by atoms with Gasteiger partial charge in [-0.1, -0.05) is 37.1 Å². The molecule has 0 saturated carbocycles. The lowest BCUT2D eigenvalue weighted by Crippen LogP contribution is -2.38. The van der Waals surface area contributed by atoms with E-state index in [0.29, 0.717) is 23.5 Å². The molecule has 0 atom stereocenters. The van der Waals surface area contributed by atoms with Crippen LogP contribution in [0.2, 0.25) is 0 Å². The van der Waals surface area contributed by atoms with Gasteiger partial charge in [0.2, 0.25) is 15.9 Å². The van der Waals surface area contributed by atoms with E-state index in [2.05, 4.69) is 5.32 Å². The fourth-order valence-electron chi connectivity index (χ4n) is 4.34. The van der Waals surface area contributed by atoms with E-state index in [4.69, 9.17) is 0 Å². The molecule has 214 valence electrons. The summed E-state index contributed by atoms with van der Waals surface area (Å²) in [7, 11) is -8.14. The van der Waals surface area contributed by atoms with E-state index in [1.807, 2.05) is 0 Å². The SMILES string of the molecule is O=C(CN(c1cccc(C(F)(F)F)c1)S(=O)(=O)c1ccccc1)Nc1ccc(S(=O)(=O)N2CCCCCC2)cc1. The number of benzene rings is 3. The number of sulfonamides is 2. The Morgan fingerprint density at radius 3 is 2.02 bits per heavy atom. The first-order valence-electron chi connectivity index (χ1n) is 12.5. The van der Waals surface area contributed by atoms with Crippen molar-refractivity contribution in [1.29, 1.82) is 0 Å². The van der Waals surface area contributed by atoms with Crippen molar-refractivity contribution in [2.75, 3.05) is 29.3 Å². The van der Waals surface area contributed by atoms with Gasteiger partial charge in [0, 0.05) is 18.8 Å². The molecule has 1 aliphatic heterocycles. The van der Waals surface area contributed by atoms with Gasteiger partial charge in [-0.05, 0) is 67.4 Å². The molecule has 0 aromatic heterocycles. The molecule has 1 heterocycles. The predicted octanol–water partition coefficient (Wildman–Crippen LogP) is 5.10. The number of rotatable bonds is 8. The van der Waals surface area contributed by atoms with Crippen LogP contribution in [0.1, 0.15) is 31.2 Å². The van der Waals surface area contributed by atoms with E-state index in [1.54, 1.807) is 6.07 Å². The molecule has 4 rings (SSSR count). The lowest BCUT2D eigenvalue weighted by molar-refractivity contribution is -0.137. The summed E-state index contributed by atoms with van der Waals surface area (Å²) >= 11 is 0. The van der Waals surface area contributed by atoms with Crippen molar-refractivity contribution in [2.24, 2.45) is 0 Å². The second-order valence-corrected chi connectivity index (χ2v) is 13.1. The topological polar surface area (TPSA) is 104 Å². The average Bonchev–Trinajstić information content (AvgIpc) is 3.23.